The summed E-state index contributed by atoms with van der Waals surface area (Å²) in [5.41, 5.74) is 14.9. The highest BCUT2D eigenvalue weighted by Gasteiger charge is 2.38. The van der Waals surface area contributed by atoms with Crippen LogP contribution < -0.4 is 21.7 Å². The van der Waals surface area contributed by atoms with E-state index in [4.69, 9.17) is 21.4 Å². The number of carboxylic acids is 2. The van der Waals surface area contributed by atoms with Crippen LogP contribution >= 0.6 is 0 Å². The van der Waals surface area contributed by atoms with E-state index < -0.39 is 36.0 Å². The summed E-state index contributed by atoms with van der Waals surface area (Å²) in [6.07, 6.45) is -3.71. The van der Waals surface area contributed by atoms with Crippen LogP contribution in [0.1, 0.15) is 63.7 Å². The van der Waals surface area contributed by atoms with Crippen molar-refractivity contribution in [1.29, 1.82) is 0 Å². The summed E-state index contributed by atoms with van der Waals surface area (Å²) < 4.78 is 31.7. The lowest BCUT2D eigenvalue weighted by atomic mass is 10.1. The Labute approximate surface area is 263 Å². The molecule has 1 aliphatic heterocycles. The van der Waals surface area contributed by atoms with Crippen LogP contribution in [0.2, 0.25) is 0 Å². The van der Waals surface area contributed by atoms with Crippen LogP contribution in [-0.4, -0.2) is 52.6 Å². The molecule has 0 aliphatic carbocycles. The number of nitrogens with zero attached hydrogens (tertiary/aromatic N) is 1. The zero-order valence-corrected chi connectivity index (χ0v) is 25.1. The van der Waals surface area contributed by atoms with Gasteiger partial charge in [0.05, 0.1) is 0 Å². The fourth-order valence-electron chi connectivity index (χ4n) is 4.24. The second-order valence-electron chi connectivity index (χ2n) is 10.5. The summed E-state index contributed by atoms with van der Waals surface area (Å²) in [6.45, 7) is 5.06. The van der Waals surface area contributed by atoms with Gasteiger partial charge >= 0.3 is 18.1 Å². The van der Waals surface area contributed by atoms with E-state index in [2.05, 4.69) is 5.32 Å². The van der Waals surface area contributed by atoms with Gasteiger partial charge in [-0.05, 0) is 53.3 Å². The highest BCUT2D eigenvalue weighted by Crippen LogP contribution is 2.30. The van der Waals surface area contributed by atoms with Crippen LogP contribution in [0.3, 0.4) is 0 Å². The number of halogens is 3. The molecule has 0 radical (unpaired) electrons. The first-order valence-electron chi connectivity index (χ1n) is 14.0. The van der Waals surface area contributed by atoms with E-state index in [1.165, 1.54) is 0 Å². The third-order valence-electron chi connectivity index (χ3n) is 6.47. The summed E-state index contributed by atoms with van der Waals surface area (Å²) in [5.74, 6) is -4.31. The van der Waals surface area contributed by atoms with Gasteiger partial charge < -0.3 is 31.9 Å². The normalized spacial score (nSPS) is 12.5. The maximum atomic E-state index is 12.2. The Hall–Kier alpha value is -5.24. The molecule has 7 N–H and O–H groups in total. The number of carbonyl (C=O) groups is 5. The molecule has 0 bridgehead atoms. The molecule has 0 spiro atoms. The molecule has 0 saturated carbocycles. The molecule has 0 saturated heterocycles. The number of carboxylic acid groups (broad SMARTS) is 2. The predicted molar refractivity (Wildman–Crippen MR) is 163 cm³/mol. The van der Waals surface area contributed by atoms with E-state index in [0.29, 0.717) is 42.1 Å². The van der Waals surface area contributed by atoms with E-state index >= 15 is 0 Å². The van der Waals surface area contributed by atoms with Gasteiger partial charge in [-0.2, -0.15) is 13.2 Å². The molecule has 246 valence electrons. The first kappa shape index (κ1) is 36.9. The number of carbonyl (C=O) groups excluding carboxylic acids is 3. The standard InChI is InChI=1S/C16H16N2O3.C14H18N2O2.C2HF3O2/c17-10-11-5-4-8-13(9-11)15(19)18-14(16(20)21)12-6-2-1-3-7-12;1-9(2)7-13(17)16-6-5-10-3-4-11(14(15)18)8-12(10)16;3-2(4,5)1(6)7/h1-9,14H,10,17H2,(H,18,19)(H,20,21);3-4,8-9H,5-7H2,1-2H3,(H2,15,18);(H,6,7)/t14-;;/m1../s1. The number of aliphatic carboxylic acids is 2. The van der Waals surface area contributed by atoms with Gasteiger partial charge in [-0.3, -0.25) is 14.4 Å². The van der Waals surface area contributed by atoms with Gasteiger partial charge in [0.25, 0.3) is 5.91 Å². The van der Waals surface area contributed by atoms with Crippen molar-refractivity contribution in [3.05, 3.63) is 101 Å². The minimum absolute atomic E-state index is 0.116. The maximum absolute atomic E-state index is 12.2. The molecule has 3 aromatic rings. The topological polar surface area (TPSA) is 193 Å². The monoisotopic (exact) mass is 644 g/mol. The van der Waals surface area contributed by atoms with Crippen molar-refractivity contribution in [3.8, 4) is 0 Å². The number of nitrogens with one attached hydrogen (secondary N) is 1. The van der Waals surface area contributed by atoms with Gasteiger partial charge in [-0.15, -0.1) is 0 Å². The average Bonchev–Trinajstić information content (AvgIpc) is 3.43. The molecule has 3 amide bonds. The molecule has 3 aromatic carbocycles. The number of fused-ring (bicyclic) bond motifs is 1. The number of nitrogens with two attached hydrogens (primary N) is 2. The van der Waals surface area contributed by atoms with Gasteiger partial charge in [0.1, 0.15) is 0 Å². The fourth-order valence-corrected chi connectivity index (χ4v) is 4.24. The molecular weight excluding hydrogens is 609 g/mol. The summed E-state index contributed by atoms with van der Waals surface area (Å²) >= 11 is 0. The summed E-state index contributed by atoms with van der Waals surface area (Å²) in [4.78, 5) is 57.5. The number of alkyl halides is 3. The number of rotatable bonds is 8. The van der Waals surface area contributed by atoms with Crippen molar-refractivity contribution in [2.24, 2.45) is 17.4 Å². The highest BCUT2D eigenvalue weighted by molar-refractivity contribution is 5.99. The van der Waals surface area contributed by atoms with Crippen molar-refractivity contribution in [3.63, 3.8) is 0 Å². The number of hydrogen-bond acceptors (Lipinski definition) is 6. The molecule has 4 rings (SSSR count). The van der Waals surface area contributed by atoms with E-state index in [0.717, 1.165) is 23.2 Å². The Bertz CT molecular complexity index is 1550. The first-order valence-corrected chi connectivity index (χ1v) is 14.0. The molecule has 46 heavy (non-hydrogen) atoms. The van der Waals surface area contributed by atoms with E-state index in [9.17, 15) is 37.5 Å². The minimum atomic E-state index is -5.08. The van der Waals surface area contributed by atoms with Crippen molar-refractivity contribution >= 4 is 35.3 Å². The molecule has 1 aliphatic rings. The first-order chi connectivity index (χ1) is 21.5. The molecule has 0 aromatic heterocycles. The number of amides is 3. The zero-order chi connectivity index (χ0) is 34.6. The SMILES string of the molecule is CC(C)CC(=O)N1CCc2ccc(C(N)=O)cc21.NCc1cccc(C(=O)N[C@@H](C(=O)O)c2ccccc2)c1.O=C(O)C(F)(F)F. The van der Waals surface area contributed by atoms with Crippen LogP contribution in [-0.2, 0) is 27.3 Å². The molecule has 0 fully saturated rings. The lowest BCUT2D eigenvalue weighted by molar-refractivity contribution is -0.192. The summed E-state index contributed by atoms with van der Waals surface area (Å²) in [7, 11) is 0. The summed E-state index contributed by atoms with van der Waals surface area (Å²) in [6, 6.07) is 19.6. The molecular formula is C32H35F3N4O7. The Morgan fingerprint density at radius 3 is 2.07 bits per heavy atom. The van der Waals surface area contributed by atoms with Crippen LogP contribution in [0, 0.1) is 5.92 Å². The average molecular weight is 645 g/mol. The Balaban J connectivity index is 0.000000268. The van der Waals surface area contributed by atoms with Gasteiger partial charge in [-0.25, -0.2) is 9.59 Å². The van der Waals surface area contributed by atoms with E-state index in [1.807, 2.05) is 26.0 Å². The Morgan fingerprint density at radius 1 is 0.913 bits per heavy atom. The minimum Gasteiger partial charge on any atom is -0.479 e. The molecule has 14 heteroatoms. The van der Waals surface area contributed by atoms with Crippen molar-refractivity contribution in [1.82, 2.24) is 5.32 Å². The van der Waals surface area contributed by atoms with Crippen molar-refractivity contribution in [2.75, 3.05) is 11.4 Å². The maximum Gasteiger partial charge on any atom is 0.490 e. The second-order valence-corrected chi connectivity index (χ2v) is 10.5. The number of hydrogen-bond donors (Lipinski definition) is 5. The lowest BCUT2D eigenvalue weighted by Crippen LogP contribution is -2.33. The van der Waals surface area contributed by atoms with Gasteiger partial charge in [0, 0.05) is 36.3 Å². The third kappa shape index (κ3) is 11.0. The lowest BCUT2D eigenvalue weighted by Gasteiger charge is -2.18. The van der Waals surface area contributed by atoms with Crippen LogP contribution in [0.5, 0.6) is 0 Å². The molecule has 1 heterocycles. The Kier molecular flexibility index (Phi) is 13.4. The summed E-state index contributed by atoms with van der Waals surface area (Å²) in [5, 5.41) is 18.9. The quantitative estimate of drug-likeness (QED) is 0.242. The van der Waals surface area contributed by atoms with Crippen molar-refractivity contribution < 1.29 is 47.4 Å². The van der Waals surface area contributed by atoms with Gasteiger partial charge in [0.2, 0.25) is 11.8 Å². The predicted octanol–water partition coefficient (Wildman–Crippen LogP) is 4.06. The molecule has 1 atom stereocenters. The zero-order valence-electron chi connectivity index (χ0n) is 25.1. The highest BCUT2D eigenvalue weighted by atomic mass is 19.4. The number of anilines is 1. The fraction of sp³-hybridized carbons (Fsp3) is 0.281. The Morgan fingerprint density at radius 2 is 1.54 bits per heavy atom. The van der Waals surface area contributed by atoms with Crippen molar-refractivity contribution in [2.45, 2.75) is 45.5 Å². The third-order valence-corrected chi connectivity index (χ3v) is 6.47. The van der Waals surface area contributed by atoms with Crippen LogP contribution in [0.25, 0.3) is 0 Å². The largest absolute Gasteiger partial charge is 0.490 e. The van der Waals surface area contributed by atoms with Crippen LogP contribution in [0.4, 0.5) is 18.9 Å². The van der Waals surface area contributed by atoms with Gasteiger partial charge in [-0.1, -0.05) is 62.4 Å². The van der Waals surface area contributed by atoms with Gasteiger partial charge in [0.15, 0.2) is 6.04 Å². The molecule has 0 unspecified atom stereocenters. The number of benzene rings is 3. The van der Waals surface area contributed by atoms with Crippen LogP contribution in [0.15, 0.2) is 72.8 Å². The molecule has 11 nitrogen and oxygen atoms in total. The second kappa shape index (κ2) is 16.7. The number of primary amides is 1. The van der Waals surface area contributed by atoms with E-state index in [1.54, 1.807) is 65.6 Å². The van der Waals surface area contributed by atoms with E-state index in [-0.39, 0.29) is 5.91 Å². The smallest absolute Gasteiger partial charge is 0.479 e.